The third-order valence-electron chi connectivity index (χ3n) is 1.99. The van der Waals surface area contributed by atoms with Crippen molar-refractivity contribution in [3.63, 3.8) is 0 Å². The summed E-state index contributed by atoms with van der Waals surface area (Å²) in [6.45, 7) is 1.91. The van der Waals surface area contributed by atoms with Gasteiger partial charge in [0.1, 0.15) is 11.8 Å². The summed E-state index contributed by atoms with van der Waals surface area (Å²) < 4.78 is 10.5. The van der Waals surface area contributed by atoms with Crippen LogP contribution in [0.1, 0.15) is 12.2 Å². The quantitative estimate of drug-likeness (QED) is 0.550. The molecule has 0 bridgehead atoms. The second-order valence-corrected chi connectivity index (χ2v) is 4.27. The van der Waals surface area contributed by atoms with Gasteiger partial charge in [-0.2, -0.15) is 4.98 Å². The minimum absolute atomic E-state index is 0.328. The maximum Gasteiger partial charge on any atom is 0.218 e. The summed E-state index contributed by atoms with van der Waals surface area (Å²) in [4.78, 5) is 10.3. The Balaban J connectivity index is 2.46. The highest BCUT2D eigenvalue weighted by molar-refractivity contribution is 6.29. The van der Waals surface area contributed by atoms with Crippen LogP contribution < -0.4 is 4.74 Å². The molecule has 0 radical (unpaired) electrons. The van der Waals surface area contributed by atoms with Gasteiger partial charge in [0.25, 0.3) is 0 Å². The normalized spacial score (nSPS) is 10.9. The van der Waals surface area contributed by atoms with Crippen LogP contribution in [-0.4, -0.2) is 49.2 Å². The number of ether oxygens (including phenoxy) is 2. The van der Waals surface area contributed by atoms with Crippen LogP contribution in [0.4, 0.5) is 0 Å². The van der Waals surface area contributed by atoms with E-state index in [-0.39, 0.29) is 0 Å². The molecule has 1 rings (SSSR count). The first-order chi connectivity index (χ1) is 8.11. The highest BCUT2D eigenvalue weighted by atomic mass is 35.5. The Labute approximate surface area is 107 Å². The first kappa shape index (κ1) is 14.2. The molecule has 0 aliphatic heterocycles. The van der Waals surface area contributed by atoms with E-state index in [0.29, 0.717) is 30.1 Å². The minimum atomic E-state index is 0.328. The highest BCUT2D eigenvalue weighted by Gasteiger charge is 2.04. The zero-order valence-corrected chi connectivity index (χ0v) is 11.2. The van der Waals surface area contributed by atoms with E-state index < -0.39 is 0 Å². The number of halogens is 1. The molecular formula is C11H18ClN3O2. The Hall–Kier alpha value is -0.910. The lowest BCUT2D eigenvalue weighted by atomic mass is 10.4. The van der Waals surface area contributed by atoms with Crippen molar-refractivity contribution in [1.29, 1.82) is 0 Å². The Kier molecular flexibility index (Phi) is 6.18. The number of methoxy groups -OCH3 is 1. The third kappa shape index (κ3) is 5.81. The van der Waals surface area contributed by atoms with Crippen molar-refractivity contribution in [3.05, 3.63) is 17.0 Å². The second-order valence-electron chi connectivity index (χ2n) is 3.88. The summed E-state index contributed by atoms with van der Waals surface area (Å²) in [6.07, 6.45) is 0.939. The van der Waals surface area contributed by atoms with Gasteiger partial charge in [0.05, 0.1) is 6.61 Å². The molecule has 17 heavy (non-hydrogen) atoms. The zero-order valence-electron chi connectivity index (χ0n) is 10.4. The van der Waals surface area contributed by atoms with Crippen LogP contribution in [0.5, 0.6) is 5.88 Å². The molecule has 0 amide bonds. The van der Waals surface area contributed by atoms with E-state index in [1.54, 1.807) is 13.2 Å². The molecule has 6 heteroatoms. The molecule has 0 spiro atoms. The van der Waals surface area contributed by atoms with Crippen molar-refractivity contribution in [2.24, 2.45) is 0 Å². The van der Waals surface area contributed by atoms with Crippen LogP contribution >= 0.6 is 11.6 Å². The van der Waals surface area contributed by atoms with Gasteiger partial charge in [-0.15, -0.1) is 0 Å². The van der Waals surface area contributed by atoms with Gasteiger partial charge in [0.15, 0.2) is 5.82 Å². The summed E-state index contributed by atoms with van der Waals surface area (Å²) in [6, 6.07) is 1.61. The molecule has 0 aromatic carbocycles. The molecule has 0 saturated carbocycles. The first-order valence-electron chi connectivity index (χ1n) is 5.41. The van der Waals surface area contributed by atoms with Crippen LogP contribution in [0, 0.1) is 0 Å². The molecule has 1 aromatic rings. The molecule has 96 valence electrons. The SMILES string of the molecule is COCc1nc(Cl)cc(OCCCN(C)C)n1. The fourth-order valence-corrected chi connectivity index (χ4v) is 1.46. The van der Waals surface area contributed by atoms with Gasteiger partial charge in [0, 0.05) is 19.7 Å². The Morgan fingerprint density at radius 3 is 2.76 bits per heavy atom. The minimum Gasteiger partial charge on any atom is -0.477 e. The van der Waals surface area contributed by atoms with E-state index in [0.717, 1.165) is 13.0 Å². The summed E-state index contributed by atoms with van der Waals surface area (Å²) in [7, 11) is 5.64. The molecule has 0 aliphatic carbocycles. The lowest BCUT2D eigenvalue weighted by Gasteiger charge is -2.10. The summed E-state index contributed by atoms with van der Waals surface area (Å²) in [5, 5.41) is 0.370. The van der Waals surface area contributed by atoms with Crippen molar-refractivity contribution in [2.45, 2.75) is 13.0 Å². The van der Waals surface area contributed by atoms with E-state index >= 15 is 0 Å². The number of rotatable bonds is 7. The molecule has 0 aliphatic rings. The average Bonchev–Trinajstić information content (AvgIpc) is 2.24. The van der Waals surface area contributed by atoms with E-state index in [4.69, 9.17) is 21.1 Å². The zero-order chi connectivity index (χ0) is 12.7. The second kappa shape index (κ2) is 7.42. The van der Waals surface area contributed by atoms with Crippen LogP contribution in [0.15, 0.2) is 6.07 Å². The highest BCUT2D eigenvalue weighted by Crippen LogP contribution is 2.14. The fourth-order valence-electron chi connectivity index (χ4n) is 1.27. The third-order valence-corrected chi connectivity index (χ3v) is 2.18. The number of aromatic nitrogens is 2. The van der Waals surface area contributed by atoms with E-state index in [2.05, 4.69) is 14.9 Å². The van der Waals surface area contributed by atoms with Crippen molar-refractivity contribution in [3.8, 4) is 5.88 Å². The van der Waals surface area contributed by atoms with Gasteiger partial charge in [0.2, 0.25) is 5.88 Å². The number of hydrogen-bond acceptors (Lipinski definition) is 5. The molecule has 5 nitrogen and oxygen atoms in total. The van der Waals surface area contributed by atoms with Gasteiger partial charge in [-0.3, -0.25) is 0 Å². The van der Waals surface area contributed by atoms with E-state index in [9.17, 15) is 0 Å². The summed E-state index contributed by atoms with van der Waals surface area (Å²) in [5.41, 5.74) is 0. The molecule has 0 fully saturated rings. The standard InChI is InChI=1S/C11H18ClN3O2/c1-15(2)5-4-6-17-11-7-9(12)13-10(14-11)8-16-3/h7H,4-6,8H2,1-3H3. The van der Waals surface area contributed by atoms with Gasteiger partial charge < -0.3 is 14.4 Å². The Morgan fingerprint density at radius 1 is 1.35 bits per heavy atom. The summed E-state index contributed by atoms with van der Waals surface area (Å²) in [5.74, 6) is 1.03. The molecule has 0 N–H and O–H groups in total. The van der Waals surface area contributed by atoms with Gasteiger partial charge >= 0.3 is 0 Å². The van der Waals surface area contributed by atoms with Crippen LogP contribution in [-0.2, 0) is 11.3 Å². The van der Waals surface area contributed by atoms with Crippen LogP contribution in [0.2, 0.25) is 5.15 Å². The van der Waals surface area contributed by atoms with Crippen LogP contribution in [0.25, 0.3) is 0 Å². The predicted octanol–water partition coefficient (Wildman–Crippen LogP) is 1.61. The van der Waals surface area contributed by atoms with Crippen molar-refractivity contribution in [1.82, 2.24) is 14.9 Å². The monoisotopic (exact) mass is 259 g/mol. The number of nitrogens with zero attached hydrogens (tertiary/aromatic N) is 3. The molecule has 1 aromatic heterocycles. The average molecular weight is 260 g/mol. The smallest absolute Gasteiger partial charge is 0.218 e. The van der Waals surface area contributed by atoms with Crippen molar-refractivity contribution < 1.29 is 9.47 Å². The lowest BCUT2D eigenvalue weighted by molar-refractivity contribution is 0.176. The largest absolute Gasteiger partial charge is 0.477 e. The lowest BCUT2D eigenvalue weighted by Crippen LogP contribution is -2.15. The molecule has 0 atom stereocenters. The number of hydrogen-bond donors (Lipinski definition) is 0. The fraction of sp³-hybridized carbons (Fsp3) is 0.636. The van der Waals surface area contributed by atoms with Crippen molar-refractivity contribution >= 4 is 11.6 Å². The maximum absolute atomic E-state index is 5.85. The van der Waals surface area contributed by atoms with Gasteiger partial charge in [-0.05, 0) is 20.5 Å². The topological polar surface area (TPSA) is 47.5 Å². The maximum atomic E-state index is 5.85. The van der Waals surface area contributed by atoms with Gasteiger partial charge in [-0.25, -0.2) is 4.98 Å². The molecule has 1 heterocycles. The summed E-state index contributed by atoms with van der Waals surface area (Å²) >= 11 is 5.85. The molecule has 0 saturated heterocycles. The Bertz CT molecular complexity index is 347. The van der Waals surface area contributed by atoms with Gasteiger partial charge in [-0.1, -0.05) is 11.6 Å². The van der Waals surface area contributed by atoms with Crippen LogP contribution in [0.3, 0.4) is 0 Å². The predicted molar refractivity (Wildman–Crippen MR) is 66.4 cm³/mol. The van der Waals surface area contributed by atoms with E-state index in [1.807, 2.05) is 14.1 Å². The molecule has 0 unspecified atom stereocenters. The van der Waals surface area contributed by atoms with Crippen molar-refractivity contribution in [2.75, 3.05) is 34.4 Å². The molecular weight excluding hydrogens is 242 g/mol. The van der Waals surface area contributed by atoms with E-state index in [1.165, 1.54) is 0 Å². The first-order valence-corrected chi connectivity index (χ1v) is 5.79. The Morgan fingerprint density at radius 2 is 2.12 bits per heavy atom.